The monoisotopic (exact) mass is 286 g/mol. The molecule has 0 spiro atoms. The number of nitrogens with zero attached hydrogens (tertiary/aromatic N) is 1. The number of hydrogen-bond donors (Lipinski definition) is 1. The van der Waals surface area contributed by atoms with E-state index in [2.05, 4.69) is 10.3 Å². The van der Waals surface area contributed by atoms with Gasteiger partial charge in [0.2, 0.25) is 0 Å². The number of pyridine rings is 1. The Kier molecular flexibility index (Phi) is 4.15. The first-order valence-electron chi connectivity index (χ1n) is 7.28. The van der Waals surface area contributed by atoms with Gasteiger partial charge in [-0.25, -0.2) is 4.39 Å². The van der Waals surface area contributed by atoms with Crippen LogP contribution in [0.4, 0.5) is 4.39 Å². The number of nitrogens with one attached hydrogen (secondary N) is 1. The molecule has 0 saturated heterocycles. The molecule has 1 aromatic carbocycles. The zero-order chi connectivity index (χ0) is 14.7. The molecule has 0 radical (unpaired) electrons. The fourth-order valence-corrected chi connectivity index (χ4v) is 2.20. The summed E-state index contributed by atoms with van der Waals surface area (Å²) in [5.41, 5.74) is 2.70. The van der Waals surface area contributed by atoms with E-state index < -0.39 is 0 Å². The molecule has 1 saturated carbocycles. The lowest BCUT2D eigenvalue weighted by Gasteiger charge is -2.12. The Morgan fingerprint density at radius 2 is 2.14 bits per heavy atom. The first-order valence-corrected chi connectivity index (χ1v) is 7.28. The summed E-state index contributed by atoms with van der Waals surface area (Å²) in [4.78, 5) is 4.40. The molecule has 1 aliphatic carbocycles. The first-order chi connectivity index (χ1) is 10.2. The highest BCUT2D eigenvalue weighted by Gasteiger charge is 2.20. The van der Waals surface area contributed by atoms with Crippen molar-refractivity contribution in [1.82, 2.24) is 10.3 Å². The van der Waals surface area contributed by atoms with Gasteiger partial charge in [0.1, 0.15) is 18.2 Å². The van der Waals surface area contributed by atoms with Crippen molar-refractivity contribution in [3.63, 3.8) is 0 Å². The molecule has 1 heterocycles. The fourth-order valence-electron chi connectivity index (χ4n) is 2.20. The highest BCUT2D eigenvalue weighted by Crippen LogP contribution is 2.24. The average Bonchev–Trinajstić information content (AvgIpc) is 3.28. The summed E-state index contributed by atoms with van der Waals surface area (Å²) >= 11 is 0. The summed E-state index contributed by atoms with van der Waals surface area (Å²) in [5.74, 6) is 0.483. The Balaban J connectivity index is 1.68. The van der Waals surface area contributed by atoms with E-state index in [1.54, 1.807) is 6.07 Å². The Morgan fingerprint density at radius 3 is 2.90 bits per heavy atom. The molecular weight excluding hydrogens is 267 g/mol. The Hall–Kier alpha value is -1.94. The molecule has 0 unspecified atom stereocenters. The van der Waals surface area contributed by atoms with E-state index >= 15 is 0 Å². The predicted molar refractivity (Wildman–Crippen MR) is 79.6 cm³/mol. The predicted octanol–water partition coefficient (Wildman–Crippen LogP) is 3.36. The third-order valence-electron chi connectivity index (χ3n) is 3.50. The van der Waals surface area contributed by atoms with Gasteiger partial charge >= 0.3 is 0 Å². The maximum absolute atomic E-state index is 13.4. The fraction of sp³-hybridized carbons (Fsp3) is 0.353. The van der Waals surface area contributed by atoms with Crippen LogP contribution in [0.25, 0.3) is 0 Å². The maximum atomic E-state index is 13.4. The Morgan fingerprint density at radius 1 is 1.29 bits per heavy atom. The standard InChI is InChI=1S/C17H19FN2O/c1-12-3-2-4-16(20-12)11-21-17-8-5-14(18)9-13(17)10-19-15-6-7-15/h2-5,8-9,15,19H,6-7,10-11H2,1H3. The normalized spacial score (nSPS) is 14.2. The highest BCUT2D eigenvalue weighted by molar-refractivity contribution is 5.34. The maximum Gasteiger partial charge on any atom is 0.130 e. The van der Waals surface area contributed by atoms with E-state index in [9.17, 15) is 4.39 Å². The molecule has 110 valence electrons. The molecule has 4 heteroatoms. The quantitative estimate of drug-likeness (QED) is 0.884. The first kappa shape index (κ1) is 14.0. The van der Waals surface area contributed by atoms with Gasteiger partial charge in [-0.1, -0.05) is 6.07 Å². The Labute approximate surface area is 124 Å². The van der Waals surface area contributed by atoms with E-state index in [-0.39, 0.29) is 5.82 Å². The molecule has 1 aliphatic rings. The van der Waals surface area contributed by atoms with Gasteiger partial charge in [-0.05, 0) is 50.1 Å². The van der Waals surface area contributed by atoms with Crippen LogP contribution in [0.15, 0.2) is 36.4 Å². The number of benzene rings is 1. The summed E-state index contributed by atoms with van der Waals surface area (Å²) in [7, 11) is 0. The van der Waals surface area contributed by atoms with Crippen LogP contribution in [0.1, 0.15) is 29.8 Å². The van der Waals surface area contributed by atoms with Gasteiger partial charge in [0, 0.05) is 23.8 Å². The second kappa shape index (κ2) is 6.22. The summed E-state index contributed by atoms with van der Waals surface area (Å²) in [6.07, 6.45) is 2.41. The third kappa shape index (κ3) is 4.02. The summed E-state index contributed by atoms with van der Waals surface area (Å²) < 4.78 is 19.2. The lowest BCUT2D eigenvalue weighted by molar-refractivity contribution is 0.296. The number of ether oxygens (including phenoxy) is 1. The zero-order valence-corrected chi connectivity index (χ0v) is 12.1. The van der Waals surface area contributed by atoms with Crippen LogP contribution in [0.3, 0.4) is 0 Å². The molecule has 1 aromatic heterocycles. The van der Waals surface area contributed by atoms with E-state index in [0.717, 1.165) is 17.0 Å². The number of aryl methyl sites for hydroxylation is 1. The molecule has 0 amide bonds. The lowest BCUT2D eigenvalue weighted by Crippen LogP contribution is -2.16. The molecule has 1 N–H and O–H groups in total. The Bertz CT molecular complexity index is 626. The topological polar surface area (TPSA) is 34.1 Å². The van der Waals surface area contributed by atoms with Crippen LogP contribution in [0, 0.1) is 12.7 Å². The minimum absolute atomic E-state index is 0.233. The SMILES string of the molecule is Cc1cccc(COc2ccc(F)cc2CNC2CC2)n1. The van der Waals surface area contributed by atoms with Crippen molar-refractivity contribution in [3.05, 3.63) is 59.2 Å². The molecule has 3 rings (SSSR count). The van der Waals surface area contributed by atoms with Crippen molar-refractivity contribution in [2.45, 2.75) is 39.0 Å². The number of hydrogen-bond acceptors (Lipinski definition) is 3. The molecule has 0 aliphatic heterocycles. The number of halogens is 1. The van der Waals surface area contributed by atoms with Crippen LogP contribution < -0.4 is 10.1 Å². The van der Waals surface area contributed by atoms with Crippen molar-refractivity contribution in [2.24, 2.45) is 0 Å². The van der Waals surface area contributed by atoms with Gasteiger partial charge in [0.25, 0.3) is 0 Å². The molecule has 3 nitrogen and oxygen atoms in total. The van der Waals surface area contributed by atoms with Gasteiger partial charge in [0.05, 0.1) is 5.69 Å². The van der Waals surface area contributed by atoms with Crippen LogP contribution in [-0.2, 0) is 13.2 Å². The van der Waals surface area contributed by atoms with Gasteiger partial charge in [-0.3, -0.25) is 4.98 Å². The molecule has 21 heavy (non-hydrogen) atoms. The largest absolute Gasteiger partial charge is 0.487 e. The van der Waals surface area contributed by atoms with Crippen molar-refractivity contribution < 1.29 is 9.13 Å². The summed E-state index contributed by atoms with van der Waals surface area (Å²) in [6, 6.07) is 11.1. The van der Waals surface area contributed by atoms with E-state index in [1.807, 2.05) is 25.1 Å². The lowest BCUT2D eigenvalue weighted by atomic mass is 10.2. The van der Waals surface area contributed by atoms with Crippen molar-refractivity contribution in [2.75, 3.05) is 0 Å². The van der Waals surface area contributed by atoms with Crippen LogP contribution in [0.2, 0.25) is 0 Å². The summed E-state index contributed by atoms with van der Waals surface area (Å²) in [6.45, 7) is 2.98. The minimum Gasteiger partial charge on any atom is -0.487 e. The van der Waals surface area contributed by atoms with Crippen LogP contribution >= 0.6 is 0 Å². The van der Waals surface area contributed by atoms with Crippen LogP contribution in [0.5, 0.6) is 5.75 Å². The molecule has 1 fully saturated rings. The van der Waals surface area contributed by atoms with Crippen LogP contribution in [-0.4, -0.2) is 11.0 Å². The highest BCUT2D eigenvalue weighted by atomic mass is 19.1. The molecule has 0 bridgehead atoms. The molecule has 2 aromatic rings. The van der Waals surface area contributed by atoms with E-state index in [4.69, 9.17) is 4.74 Å². The van der Waals surface area contributed by atoms with Crippen molar-refractivity contribution in [1.29, 1.82) is 0 Å². The third-order valence-corrected chi connectivity index (χ3v) is 3.50. The average molecular weight is 286 g/mol. The van der Waals surface area contributed by atoms with Gasteiger partial charge in [0.15, 0.2) is 0 Å². The molecular formula is C17H19FN2O. The van der Waals surface area contributed by atoms with Gasteiger partial charge in [-0.15, -0.1) is 0 Å². The number of rotatable bonds is 6. The summed E-state index contributed by atoms with van der Waals surface area (Å²) in [5, 5.41) is 3.39. The van der Waals surface area contributed by atoms with Crippen molar-refractivity contribution >= 4 is 0 Å². The zero-order valence-electron chi connectivity index (χ0n) is 12.1. The van der Waals surface area contributed by atoms with Crippen molar-refractivity contribution in [3.8, 4) is 5.75 Å². The molecule has 0 atom stereocenters. The second-order valence-corrected chi connectivity index (χ2v) is 5.47. The second-order valence-electron chi connectivity index (χ2n) is 5.47. The smallest absolute Gasteiger partial charge is 0.130 e. The van der Waals surface area contributed by atoms with Gasteiger partial charge in [-0.2, -0.15) is 0 Å². The van der Waals surface area contributed by atoms with Gasteiger partial charge < -0.3 is 10.1 Å². The van der Waals surface area contributed by atoms with E-state index in [0.29, 0.717) is 24.9 Å². The van der Waals surface area contributed by atoms with E-state index in [1.165, 1.54) is 25.0 Å². The minimum atomic E-state index is -0.233. The number of aromatic nitrogens is 1.